The average Bonchev–Trinajstić information content (AvgIpc) is 2.35. The predicted octanol–water partition coefficient (Wildman–Crippen LogP) is 4.17. The summed E-state index contributed by atoms with van der Waals surface area (Å²) in [5, 5.41) is 11.1. The van der Waals surface area contributed by atoms with Crippen LogP contribution in [0.15, 0.2) is 36.4 Å². The van der Waals surface area contributed by atoms with Crippen molar-refractivity contribution in [1.29, 1.82) is 0 Å². The van der Waals surface area contributed by atoms with Gasteiger partial charge >= 0.3 is 6.18 Å². The number of hydrogen-bond acceptors (Lipinski definition) is 1. The molecule has 1 atom stereocenters. The molecule has 0 saturated carbocycles. The van der Waals surface area contributed by atoms with Crippen LogP contribution in [-0.4, -0.2) is 11.3 Å². The van der Waals surface area contributed by atoms with Gasteiger partial charge in [-0.1, -0.05) is 43.3 Å². The van der Waals surface area contributed by atoms with Gasteiger partial charge in [0.1, 0.15) is 0 Å². The van der Waals surface area contributed by atoms with E-state index in [1.54, 1.807) is 18.2 Å². The minimum Gasteiger partial charge on any atom is -0.376 e. The third-order valence-electron chi connectivity index (χ3n) is 3.45. The number of aliphatic hydroxyl groups is 1. The van der Waals surface area contributed by atoms with Crippen molar-refractivity contribution in [3.8, 4) is 0 Å². The van der Waals surface area contributed by atoms with E-state index < -0.39 is 11.8 Å². The van der Waals surface area contributed by atoms with Crippen LogP contribution in [0.3, 0.4) is 0 Å². The van der Waals surface area contributed by atoms with Gasteiger partial charge in [0, 0.05) is 5.56 Å². The quantitative estimate of drug-likeness (QED) is 0.866. The van der Waals surface area contributed by atoms with Crippen molar-refractivity contribution in [2.45, 2.75) is 32.0 Å². The van der Waals surface area contributed by atoms with Crippen LogP contribution in [0.5, 0.6) is 0 Å². The fourth-order valence-corrected chi connectivity index (χ4v) is 2.27. The van der Waals surface area contributed by atoms with E-state index in [-0.39, 0.29) is 5.56 Å². The number of halogens is 3. The molecule has 0 radical (unpaired) electrons. The average molecular weight is 268 g/mol. The summed E-state index contributed by atoms with van der Waals surface area (Å²) in [6, 6.07) is 9.99. The first kappa shape index (κ1) is 13.9. The molecule has 0 aromatic heterocycles. The Hall–Kier alpha value is -1.55. The van der Waals surface area contributed by atoms with Crippen molar-refractivity contribution in [2.75, 3.05) is 0 Å². The van der Waals surface area contributed by atoms with Crippen LogP contribution >= 0.6 is 0 Å². The van der Waals surface area contributed by atoms with E-state index in [1.807, 2.05) is 13.0 Å². The molecular formula is C15H15F3O. The molecule has 102 valence electrons. The summed E-state index contributed by atoms with van der Waals surface area (Å²) in [4.78, 5) is 0. The lowest BCUT2D eigenvalue weighted by molar-refractivity contribution is -0.258. The van der Waals surface area contributed by atoms with Gasteiger partial charge in [0.25, 0.3) is 0 Å². The maximum atomic E-state index is 13.0. The first-order chi connectivity index (χ1) is 8.79. The predicted molar refractivity (Wildman–Crippen MR) is 69.0 cm³/mol. The Bertz CT molecular complexity index is 595. The van der Waals surface area contributed by atoms with Crippen molar-refractivity contribution >= 4 is 10.8 Å². The molecule has 1 nitrogen and oxygen atoms in total. The van der Waals surface area contributed by atoms with Crippen LogP contribution in [0.1, 0.15) is 25.0 Å². The summed E-state index contributed by atoms with van der Waals surface area (Å²) in [7, 11) is 0. The molecule has 2 rings (SSSR count). The van der Waals surface area contributed by atoms with Gasteiger partial charge in [-0.2, -0.15) is 13.2 Å². The molecule has 0 saturated heterocycles. The topological polar surface area (TPSA) is 20.2 Å². The van der Waals surface area contributed by atoms with E-state index in [1.165, 1.54) is 12.1 Å². The molecule has 4 heteroatoms. The number of benzene rings is 2. The van der Waals surface area contributed by atoms with Crippen LogP contribution in [0.25, 0.3) is 10.8 Å². The number of alkyl halides is 3. The largest absolute Gasteiger partial charge is 0.421 e. The Balaban J connectivity index is 2.81. The smallest absolute Gasteiger partial charge is 0.376 e. The van der Waals surface area contributed by atoms with Crippen LogP contribution < -0.4 is 0 Å². The van der Waals surface area contributed by atoms with Crippen molar-refractivity contribution in [2.24, 2.45) is 0 Å². The molecule has 0 bridgehead atoms. The third-order valence-corrected chi connectivity index (χ3v) is 3.45. The third kappa shape index (κ3) is 2.21. The maximum Gasteiger partial charge on any atom is 0.421 e. The van der Waals surface area contributed by atoms with Gasteiger partial charge in [-0.05, 0) is 29.7 Å². The minimum absolute atomic E-state index is 0.0880. The van der Waals surface area contributed by atoms with Gasteiger partial charge in [-0.15, -0.1) is 0 Å². The summed E-state index contributed by atoms with van der Waals surface area (Å²) < 4.78 is 39.1. The van der Waals surface area contributed by atoms with E-state index in [9.17, 15) is 18.3 Å². The van der Waals surface area contributed by atoms with Crippen molar-refractivity contribution in [3.05, 3.63) is 47.5 Å². The Labute approximate surface area is 109 Å². The van der Waals surface area contributed by atoms with E-state index in [4.69, 9.17) is 0 Å². The van der Waals surface area contributed by atoms with Crippen LogP contribution in [0, 0.1) is 0 Å². The Kier molecular flexibility index (Phi) is 3.31. The SMILES string of the molecule is CCc1cccc2cccc(C(C)(O)C(F)(F)F)c12. The fourth-order valence-electron chi connectivity index (χ4n) is 2.27. The van der Waals surface area contributed by atoms with Gasteiger partial charge in [0.2, 0.25) is 0 Å². The number of rotatable bonds is 2. The summed E-state index contributed by atoms with van der Waals surface area (Å²) in [5.41, 5.74) is -2.13. The number of fused-ring (bicyclic) bond motifs is 1. The molecule has 0 spiro atoms. The zero-order chi connectivity index (χ0) is 14.3. The molecule has 1 unspecified atom stereocenters. The fraction of sp³-hybridized carbons (Fsp3) is 0.333. The van der Waals surface area contributed by atoms with Gasteiger partial charge in [-0.3, -0.25) is 0 Å². The van der Waals surface area contributed by atoms with Crippen LogP contribution in [0.4, 0.5) is 13.2 Å². The highest BCUT2D eigenvalue weighted by Gasteiger charge is 2.51. The molecule has 0 fully saturated rings. The lowest BCUT2D eigenvalue weighted by Gasteiger charge is -2.28. The molecule has 0 aliphatic heterocycles. The lowest BCUT2D eigenvalue weighted by Crippen LogP contribution is -2.39. The molecule has 1 N–H and O–H groups in total. The Morgan fingerprint density at radius 1 is 1.05 bits per heavy atom. The highest BCUT2D eigenvalue weighted by Crippen LogP contribution is 2.42. The second kappa shape index (κ2) is 4.53. The molecule has 0 aliphatic carbocycles. The maximum absolute atomic E-state index is 13.0. The highest BCUT2D eigenvalue weighted by molar-refractivity contribution is 5.89. The van der Waals surface area contributed by atoms with E-state index in [2.05, 4.69) is 0 Å². The van der Waals surface area contributed by atoms with Crippen molar-refractivity contribution < 1.29 is 18.3 Å². The van der Waals surface area contributed by atoms with E-state index >= 15 is 0 Å². The molecule has 2 aromatic rings. The van der Waals surface area contributed by atoms with Gasteiger partial charge < -0.3 is 5.11 Å². The molecule has 0 aliphatic rings. The monoisotopic (exact) mass is 268 g/mol. The first-order valence-corrected chi connectivity index (χ1v) is 6.09. The number of aryl methyl sites for hydroxylation is 1. The van der Waals surface area contributed by atoms with Crippen LogP contribution in [-0.2, 0) is 12.0 Å². The normalized spacial score (nSPS) is 15.5. The highest BCUT2D eigenvalue weighted by atomic mass is 19.4. The Morgan fingerprint density at radius 3 is 2.16 bits per heavy atom. The summed E-state index contributed by atoms with van der Waals surface area (Å²) in [6.45, 7) is 2.68. The van der Waals surface area contributed by atoms with E-state index in [0.717, 1.165) is 12.5 Å². The number of hydrogen-bond donors (Lipinski definition) is 1. The molecule has 0 amide bonds. The van der Waals surface area contributed by atoms with Crippen molar-refractivity contribution in [3.63, 3.8) is 0 Å². The zero-order valence-corrected chi connectivity index (χ0v) is 10.8. The standard InChI is InChI=1S/C15H15F3O/c1-3-10-6-4-7-11-8-5-9-12(13(10)11)14(2,19)15(16,17)18/h4-9,19H,3H2,1-2H3. The van der Waals surface area contributed by atoms with Gasteiger partial charge in [0.15, 0.2) is 5.60 Å². The van der Waals surface area contributed by atoms with Crippen LogP contribution in [0.2, 0.25) is 0 Å². The summed E-state index contributed by atoms with van der Waals surface area (Å²) in [6.07, 6.45) is -4.09. The minimum atomic E-state index is -4.71. The van der Waals surface area contributed by atoms with E-state index in [0.29, 0.717) is 17.2 Å². The molecule has 2 aromatic carbocycles. The summed E-state index contributed by atoms with van der Waals surface area (Å²) in [5.74, 6) is 0. The molecule has 19 heavy (non-hydrogen) atoms. The first-order valence-electron chi connectivity index (χ1n) is 6.09. The molecular weight excluding hydrogens is 253 g/mol. The zero-order valence-electron chi connectivity index (χ0n) is 10.8. The molecule has 0 heterocycles. The van der Waals surface area contributed by atoms with Gasteiger partial charge in [-0.25, -0.2) is 0 Å². The lowest BCUT2D eigenvalue weighted by atomic mass is 9.87. The van der Waals surface area contributed by atoms with Crippen molar-refractivity contribution in [1.82, 2.24) is 0 Å². The second-order valence-electron chi connectivity index (χ2n) is 4.74. The Morgan fingerprint density at radius 2 is 1.63 bits per heavy atom. The van der Waals surface area contributed by atoms with Gasteiger partial charge in [0.05, 0.1) is 0 Å². The second-order valence-corrected chi connectivity index (χ2v) is 4.74. The summed E-state index contributed by atoms with van der Waals surface area (Å²) >= 11 is 0.